The first-order chi connectivity index (χ1) is 8.56. The molecule has 2 N–H and O–H groups in total. The number of amides is 1. The molecule has 0 bridgehead atoms. The lowest BCUT2D eigenvalue weighted by Gasteiger charge is -2.14. The van der Waals surface area contributed by atoms with Gasteiger partial charge in [-0.2, -0.15) is 0 Å². The predicted molar refractivity (Wildman–Crippen MR) is 63.1 cm³/mol. The van der Waals surface area contributed by atoms with Crippen LogP contribution in [0.2, 0.25) is 0 Å². The highest BCUT2D eigenvalue weighted by atomic mass is 16.5. The van der Waals surface area contributed by atoms with Crippen LogP contribution < -0.4 is 10.1 Å². The van der Waals surface area contributed by atoms with Gasteiger partial charge in [0.05, 0.1) is 12.7 Å². The van der Waals surface area contributed by atoms with Gasteiger partial charge in [0.15, 0.2) is 11.9 Å². The predicted octanol–water partition coefficient (Wildman–Crippen LogP) is 0.296. The van der Waals surface area contributed by atoms with Crippen LogP contribution in [-0.2, 0) is 4.79 Å². The maximum atomic E-state index is 11.5. The van der Waals surface area contributed by atoms with Crippen LogP contribution >= 0.6 is 0 Å². The van der Waals surface area contributed by atoms with Crippen LogP contribution in [0.5, 0.6) is 5.75 Å². The van der Waals surface area contributed by atoms with Crippen molar-refractivity contribution in [2.24, 2.45) is 0 Å². The number of rotatable bonds is 5. The van der Waals surface area contributed by atoms with E-state index in [9.17, 15) is 9.59 Å². The second-order valence-electron chi connectivity index (χ2n) is 3.36. The molecule has 0 saturated heterocycles. The first-order valence-corrected chi connectivity index (χ1v) is 5.11. The molecule has 0 spiro atoms. The Hall–Kier alpha value is -2.55. The number of terminal acetylenes is 1. The van der Waals surface area contributed by atoms with E-state index >= 15 is 0 Å². The van der Waals surface area contributed by atoms with Crippen molar-refractivity contribution in [2.45, 2.75) is 13.0 Å². The lowest BCUT2D eigenvalue weighted by molar-refractivity contribution is -0.127. The Bertz CT molecular complexity index is 493. The summed E-state index contributed by atoms with van der Waals surface area (Å²) < 4.78 is 5.24. The third-order valence-corrected chi connectivity index (χ3v) is 2.05. The van der Waals surface area contributed by atoms with Crippen molar-refractivity contribution in [3.8, 4) is 18.1 Å². The van der Waals surface area contributed by atoms with E-state index in [-0.39, 0.29) is 17.9 Å². The normalized spacial score (nSPS) is 11.1. The molecule has 1 aromatic rings. The third kappa shape index (κ3) is 3.49. The molecule has 6 nitrogen and oxygen atoms in total. The summed E-state index contributed by atoms with van der Waals surface area (Å²) in [5.74, 6) is 0.716. The minimum absolute atomic E-state index is 0.0355. The fraction of sp³-hybridized carbons (Fsp3) is 0.250. The molecule has 0 saturated carbocycles. The standard InChI is InChI=1S/C12H12N2O4/c1-3-5-14-11(15)8(2)18-10-7-13-6-4-9(10)12(16)17/h1,4,6-8H,5H2,2H3,(H,14,15)(H,16,17). The van der Waals surface area contributed by atoms with Crippen molar-refractivity contribution in [3.05, 3.63) is 24.0 Å². The van der Waals surface area contributed by atoms with Crippen LogP contribution in [0.1, 0.15) is 17.3 Å². The molecule has 18 heavy (non-hydrogen) atoms. The molecule has 1 rings (SSSR count). The second-order valence-corrected chi connectivity index (χ2v) is 3.36. The number of carbonyl (C=O) groups excluding carboxylic acids is 1. The molecule has 6 heteroatoms. The second kappa shape index (κ2) is 6.25. The average molecular weight is 248 g/mol. The highest BCUT2D eigenvalue weighted by Crippen LogP contribution is 2.17. The molecule has 1 unspecified atom stereocenters. The maximum absolute atomic E-state index is 11.5. The van der Waals surface area contributed by atoms with E-state index in [1.54, 1.807) is 0 Å². The maximum Gasteiger partial charge on any atom is 0.339 e. The van der Waals surface area contributed by atoms with Gasteiger partial charge in [-0.3, -0.25) is 9.78 Å². The molecule has 1 aromatic heterocycles. The van der Waals surface area contributed by atoms with Gasteiger partial charge in [-0.1, -0.05) is 5.92 Å². The van der Waals surface area contributed by atoms with Gasteiger partial charge >= 0.3 is 5.97 Å². The van der Waals surface area contributed by atoms with Crippen LogP contribution in [0.15, 0.2) is 18.5 Å². The van der Waals surface area contributed by atoms with E-state index in [4.69, 9.17) is 16.3 Å². The fourth-order valence-corrected chi connectivity index (χ4v) is 1.18. The Morgan fingerprint density at radius 3 is 3.00 bits per heavy atom. The van der Waals surface area contributed by atoms with Crippen molar-refractivity contribution in [3.63, 3.8) is 0 Å². The van der Waals surface area contributed by atoms with E-state index in [0.717, 1.165) is 0 Å². The van der Waals surface area contributed by atoms with E-state index < -0.39 is 18.0 Å². The van der Waals surface area contributed by atoms with E-state index in [1.807, 2.05) is 0 Å². The summed E-state index contributed by atoms with van der Waals surface area (Å²) in [6.07, 6.45) is 6.72. The minimum Gasteiger partial charge on any atom is -0.478 e. The van der Waals surface area contributed by atoms with Gasteiger partial charge in [0, 0.05) is 6.20 Å². The molecule has 0 aliphatic heterocycles. The van der Waals surface area contributed by atoms with E-state index in [0.29, 0.717) is 0 Å². The molecule has 1 heterocycles. The molecule has 1 amide bonds. The number of nitrogens with one attached hydrogen (secondary N) is 1. The summed E-state index contributed by atoms with van der Waals surface area (Å²) in [5.41, 5.74) is -0.0541. The smallest absolute Gasteiger partial charge is 0.339 e. The van der Waals surface area contributed by atoms with Gasteiger partial charge in [-0.05, 0) is 13.0 Å². The first-order valence-electron chi connectivity index (χ1n) is 5.11. The highest BCUT2D eigenvalue weighted by molar-refractivity contribution is 5.90. The van der Waals surface area contributed by atoms with Crippen molar-refractivity contribution >= 4 is 11.9 Å². The molecular weight excluding hydrogens is 236 g/mol. The number of carbonyl (C=O) groups is 2. The Morgan fingerprint density at radius 1 is 1.67 bits per heavy atom. The van der Waals surface area contributed by atoms with Crippen LogP contribution in [0.3, 0.4) is 0 Å². The largest absolute Gasteiger partial charge is 0.478 e. The van der Waals surface area contributed by atoms with Crippen LogP contribution in [-0.4, -0.2) is 34.6 Å². The number of carboxylic acid groups (broad SMARTS) is 1. The zero-order valence-electron chi connectivity index (χ0n) is 9.71. The van der Waals surface area contributed by atoms with Crippen LogP contribution in [0.4, 0.5) is 0 Å². The van der Waals surface area contributed by atoms with Crippen molar-refractivity contribution in [2.75, 3.05) is 6.54 Å². The lowest BCUT2D eigenvalue weighted by Crippen LogP contribution is -2.36. The number of ether oxygens (including phenoxy) is 1. The Labute approximate surface area is 104 Å². The highest BCUT2D eigenvalue weighted by Gasteiger charge is 2.18. The summed E-state index contributed by atoms with van der Waals surface area (Å²) in [6, 6.07) is 1.30. The summed E-state index contributed by atoms with van der Waals surface area (Å²) in [4.78, 5) is 26.1. The molecular formula is C12H12N2O4. The number of pyridine rings is 1. The summed E-state index contributed by atoms with van der Waals surface area (Å²) >= 11 is 0. The lowest BCUT2D eigenvalue weighted by atomic mass is 10.2. The van der Waals surface area contributed by atoms with E-state index in [1.165, 1.54) is 25.4 Å². The molecule has 0 aromatic carbocycles. The number of hydrogen-bond acceptors (Lipinski definition) is 4. The van der Waals surface area contributed by atoms with Crippen molar-refractivity contribution in [1.29, 1.82) is 0 Å². The zero-order chi connectivity index (χ0) is 13.5. The van der Waals surface area contributed by atoms with Crippen LogP contribution in [0, 0.1) is 12.3 Å². The molecule has 0 fully saturated rings. The molecule has 0 aliphatic rings. The number of carboxylic acids is 1. The van der Waals surface area contributed by atoms with E-state index in [2.05, 4.69) is 16.2 Å². The number of nitrogens with zero attached hydrogens (tertiary/aromatic N) is 1. The monoisotopic (exact) mass is 248 g/mol. The number of aromatic carboxylic acids is 1. The Kier molecular flexibility index (Phi) is 4.69. The quantitative estimate of drug-likeness (QED) is 0.731. The van der Waals surface area contributed by atoms with Gasteiger partial charge in [0.25, 0.3) is 5.91 Å². The average Bonchev–Trinajstić information content (AvgIpc) is 2.36. The van der Waals surface area contributed by atoms with Gasteiger partial charge < -0.3 is 15.2 Å². The van der Waals surface area contributed by atoms with Crippen LogP contribution in [0.25, 0.3) is 0 Å². The number of hydrogen-bond donors (Lipinski definition) is 2. The first kappa shape index (κ1) is 13.5. The Morgan fingerprint density at radius 2 is 2.39 bits per heavy atom. The summed E-state index contributed by atoms with van der Waals surface area (Å²) in [5, 5.41) is 11.4. The zero-order valence-corrected chi connectivity index (χ0v) is 9.71. The Balaban J connectivity index is 2.76. The molecule has 1 atom stereocenters. The minimum atomic E-state index is -1.15. The SMILES string of the molecule is C#CCNC(=O)C(C)Oc1cnccc1C(=O)O. The third-order valence-electron chi connectivity index (χ3n) is 2.05. The summed E-state index contributed by atoms with van der Waals surface area (Å²) in [7, 11) is 0. The molecule has 94 valence electrons. The number of aromatic nitrogens is 1. The van der Waals surface area contributed by atoms with Crippen molar-refractivity contribution in [1.82, 2.24) is 10.3 Å². The van der Waals surface area contributed by atoms with Gasteiger partial charge in [0.1, 0.15) is 5.56 Å². The van der Waals surface area contributed by atoms with Crippen molar-refractivity contribution < 1.29 is 19.4 Å². The molecule has 0 aliphatic carbocycles. The van der Waals surface area contributed by atoms with Gasteiger partial charge in [-0.15, -0.1) is 6.42 Å². The fourth-order valence-electron chi connectivity index (χ4n) is 1.18. The summed E-state index contributed by atoms with van der Waals surface area (Å²) in [6.45, 7) is 1.58. The van der Waals surface area contributed by atoms with Gasteiger partial charge in [0.2, 0.25) is 0 Å². The molecule has 0 radical (unpaired) electrons. The van der Waals surface area contributed by atoms with Gasteiger partial charge in [-0.25, -0.2) is 4.79 Å². The topological polar surface area (TPSA) is 88.5 Å².